The Morgan fingerprint density at radius 2 is 1.84 bits per heavy atom. The van der Waals surface area contributed by atoms with Crippen LogP contribution < -0.4 is 19.6 Å². The fourth-order valence-corrected chi connectivity index (χ4v) is 5.51. The van der Waals surface area contributed by atoms with Gasteiger partial charge in [-0.05, 0) is 60.9 Å². The molecular weight excluding hydrogens is 520 g/mol. The van der Waals surface area contributed by atoms with Crippen LogP contribution in [0.1, 0.15) is 36.6 Å². The molecule has 0 aliphatic carbocycles. The highest BCUT2D eigenvalue weighted by molar-refractivity contribution is 7.07. The van der Waals surface area contributed by atoms with Crippen molar-refractivity contribution in [1.82, 2.24) is 4.57 Å². The molecule has 0 saturated heterocycles. The lowest BCUT2D eigenvalue weighted by Crippen LogP contribution is -2.39. The minimum Gasteiger partial charge on any atom is -0.489 e. The number of hydrogen-bond acceptors (Lipinski definition) is 6. The van der Waals surface area contributed by atoms with Gasteiger partial charge < -0.3 is 9.47 Å². The van der Waals surface area contributed by atoms with Crippen LogP contribution in [0.3, 0.4) is 0 Å². The van der Waals surface area contributed by atoms with E-state index in [1.54, 1.807) is 18.4 Å². The molecule has 0 fully saturated rings. The molecule has 1 unspecified atom stereocenters. The van der Waals surface area contributed by atoms with Crippen molar-refractivity contribution in [3.05, 3.63) is 132 Å². The fourth-order valence-electron chi connectivity index (χ4n) is 4.34. The highest BCUT2D eigenvalue weighted by atomic mass is 35.5. The summed E-state index contributed by atoms with van der Waals surface area (Å²) in [6.45, 7) is 4.17. The summed E-state index contributed by atoms with van der Waals surface area (Å²) in [4.78, 5) is 31.8. The van der Waals surface area contributed by atoms with Gasteiger partial charge in [0.25, 0.3) is 5.56 Å². The second kappa shape index (κ2) is 11.2. The highest BCUT2D eigenvalue weighted by Crippen LogP contribution is 2.30. The third-order valence-electron chi connectivity index (χ3n) is 6.11. The molecule has 0 bridgehead atoms. The molecule has 0 radical (unpaired) electrons. The van der Waals surface area contributed by atoms with Crippen LogP contribution in [0.25, 0.3) is 6.08 Å². The van der Waals surface area contributed by atoms with E-state index < -0.39 is 12.0 Å². The molecule has 0 N–H and O–H groups in total. The average Bonchev–Trinajstić information content (AvgIpc) is 3.22. The van der Waals surface area contributed by atoms with Gasteiger partial charge in [0.2, 0.25) is 0 Å². The largest absolute Gasteiger partial charge is 0.489 e. The van der Waals surface area contributed by atoms with Crippen molar-refractivity contribution in [3.63, 3.8) is 0 Å². The Bertz CT molecular complexity index is 1690. The molecule has 1 aliphatic heterocycles. The van der Waals surface area contributed by atoms with Crippen molar-refractivity contribution in [1.29, 1.82) is 0 Å². The molecule has 0 amide bonds. The van der Waals surface area contributed by atoms with Gasteiger partial charge in [0.1, 0.15) is 12.4 Å². The SMILES string of the molecule is CCOC(=O)C1=C(C)N=c2sc(=Cc3cccc(OCc4ccc(Cl)cc4)c3)c(=O)n2C1c1ccccc1. The minimum atomic E-state index is -0.623. The summed E-state index contributed by atoms with van der Waals surface area (Å²) < 4.78 is 13.4. The molecule has 38 heavy (non-hydrogen) atoms. The summed E-state index contributed by atoms with van der Waals surface area (Å²) in [6, 6.07) is 23.9. The van der Waals surface area contributed by atoms with Crippen LogP contribution in [0.5, 0.6) is 5.75 Å². The standard InChI is InChI=1S/C30H25ClN2O4S/c1-3-36-29(35)26-19(2)32-30-33(27(26)22-9-5-4-6-10-22)28(34)25(38-30)17-21-8-7-11-24(16-21)37-18-20-12-14-23(31)15-13-20/h4-17,27H,3,18H2,1-2H3. The monoisotopic (exact) mass is 544 g/mol. The molecule has 192 valence electrons. The Balaban J connectivity index is 1.52. The summed E-state index contributed by atoms with van der Waals surface area (Å²) in [5.74, 6) is 0.214. The van der Waals surface area contributed by atoms with E-state index in [0.29, 0.717) is 38.0 Å². The van der Waals surface area contributed by atoms with Crippen molar-refractivity contribution in [2.45, 2.75) is 26.5 Å². The van der Waals surface area contributed by atoms with Gasteiger partial charge >= 0.3 is 5.97 Å². The first-order valence-electron chi connectivity index (χ1n) is 12.2. The molecule has 4 aromatic rings. The number of fused-ring (bicyclic) bond motifs is 1. The summed E-state index contributed by atoms with van der Waals surface area (Å²) in [7, 11) is 0. The van der Waals surface area contributed by atoms with Crippen molar-refractivity contribution >= 4 is 35.0 Å². The van der Waals surface area contributed by atoms with Gasteiger partial charge in [0, 0.05) is 5.02 Å². The second-order valence-electron chi connectivity index (χ2n) is 8.70. The quantitative estimate of drug-likeness (QED) is 0.306. The maximum Gasteiger partial charge on any atom is 0.338 e. The summed E-state index contributed by atoms with van der Waals surface area (Å²) in [6.07, 6.45) is 1.82. The van der Waals surface area contributed by atoms with Gasteiger partial charge in [-0.3, -0.25) is 9.36 Å². The van der Waals surface area contributed by atoms with Gasteiger partial charge in [0.15, 0.2) is 4.80 Å². The number of carbonyl (C=O) groups is 1. The van der Waals surface area contributed by atoms with Crippen molar-refractivity contribution < 1.29 is 14.3 Å². The number of esters is 1. The lowest BCUT2D eigenvalue weighted by molar-refractivity contribution is -0.139. The molecule has 1 aromatic heterocycles. The fraction of sp³-hybridized carbons (Fsp3) is 0.167. The van der Waals surface area contributed by atoms with Gasteiger partial charge in [-0.1, -0.05) is 77.5 Å². The predicted molar refractivity (Wildman–Crippen MR) is 149 cm³/mol. The highest BCUT2D eigenvalue weighted by Gasteiger charge is 2.33. The van der Waals surface area contributed by atoms with Gasteiger partial charge in [-0.2, -0.15) is 0 Å². The van der Waals surface area contributed by atoms with Crippen LogP contribution in [0.15, 0.2) is 99.9 Å². The van der Waals surface area contributed by atoms with Gasteiger partial charge in [0.05, 0.1) is 28.5 Å². The number of aromatic nitrogens is 1. The number of hydrogen-bond donors (Lipinski definition) is 0. The van der Waals surface area contributed by atoms with Crippen LogP contribution in [0.4, 0.5) is 0 Å². The maximum absolute atomic E-state index is 13.7. The van der Waals surface area contributed by atoms with E-state index in [-0.39, 0.29) is 12.2 Å². The Hall–Kier alpha value is -3.94. The van der Waals surface area contributed by atoms with Crippen LogP contribution in [0, 0.1) is 0 Å². The lowest BCUT2D eigenvalue weighted by Gasteiger charge is -2.24. The molecule has 6 nitrogen and oxygen atoms in total. The van der Waals surface area contributed by atoms with E-state index in [1.165, 1.54) is 11.3 Å². The normalized spacial score (nSPS) is 15.1. The molecular formula is C30H25ClN2O4S. The minimum absolute atomic E-state index is 0.218. The maximum atomic E-state index is 13.7. The number of allylic oxidation sites excluding steroid dienone is 1. The topological polar surface area (TPSA) is 69.9 Å². The van der Waals surface area contributed by atoms with Crippen LogP contribution in [-0.4, -0.2) is 17.1 Å². The van der Waals surface area contributed by atoms with E-state index in [9.17, 15) is 9.59 Å². The Labute approximate surface area is 228 Å². The molecule has 2 heterocycles. The molecule has 0 saturated carbocycles. The van der Waals surface area contributed by atoms with Crippen molar-refractivity contribution in [2.24, 2.45) is 4.99 Å². The van der Waals surface area contributed by atoms with Crippen molar-refractivity contribution in [2.75, 3.05) is 6.61 Å². The van der Waals surface area contributed by atoms with E-state index in [1.807, 2.05) is 84.9 Å². The zero-order valence-electron chi connectivity index (χ0n) is 20.9. The third-order valence-corrected chi connectivity index (χ3v) is 7.34. The Morgan fingerprint density at radius 1 is 1.08 bits per heavy atom. The van der Waals surface area contributed by atoms with Crippen LogP contribution >= 0.6 is 22.9 Å². The molecule has 3 aromatic carbocycles. The number of halogens is 1. The van der Waals surface area contributed by atoms with Gasteiger partial charge in [-0.25, -0.2) is 9.79 Å². The van der Waals surface area contributed by atoms with E-state index in [0.717, 1.165) is 16.7 Å². The summed E-state index contributed by atoms with van der Waals surface area (Å²) in [5.41, 5.74) is 3.33. The van der Waals surface area contributed by atoms with Crippen LogP contribution in [-0.2, 0) is 16.1 Å². The molecule has 5 rings (SSSR count). The smallest absolute Gasteiger partial charge is 0.338 e. The number of nitrogens with zero attached hydrogens (tertiary/aromatic N) is 2. The number of carbonyl (C=O) groups excluding carboxylic acids is 1. The lowest BCUT2D eigenvalue weighted by atomic mass is 9.96. The van der Waals surface area contributed by atoms with Crippen LogP contribution in [0.2, 0.25) is 5.02 Å². The van der Waals surface area contributed by atoms with E-state index >= 15 is 0 Å². The van der Waals surface area contributed by atoms with E-state index in [2.05, 4.69) is 4.99 Å². The van der Waals surface area contributed by atoms with Gasteiger partial charge in [-0.15, -0.1) is 0 Å². The zero-order valence-corrected chi connectivity index (χ0v) is 22.5. The number of ether oxygens (including phenoxy) is 2. The number of thiazole rings is 1. The Morgan fingerprint density at radius 3 is 2.58 bits per heavy atom. The first-order valence-corrected chi connectivity index (χ1v) is 13.4. The molecule has 0 spiro atoms. The number of benzene rings is 3. The van der Waals surface area contributed by atoms with E-state index in [4.69, 9.17) is 21.1 Å². The predicted octanol–water partition coefficient (Wildman–Crippen LogP) is 5.03. The second-order valence-corrected chi connectivity index (χ2v) is 10.1. The van der Waals surface area contributed by atoms with Crippen molar-refractivity contribution in [3.8, 4) is 5.75 Å². The summed E-state index contributed by atoms with van der Waals surface area (Å²) >= 11 is 7.26. The average molecular weight is 545 g/mol. The third kappa shape index (κ3) is 5.35. The summed E-state index contributed by atoms with van der Waals surface area (Å²) in [5, 5.41) is 0.677. The Kier molecular flexibility index (Phi) is 7.58. The molecule has 8 heteroatoms. The molecule has 1 aliphatic rings. The first kappa shape index (κ1) is 25.7. The molecule has 1 atom stereocenters. The number of rotatable bonds is 7. The zero-order chi connectivity index (χ0) is 26.6. The first-order chi connectivity index (χ1) is 18.4.